The summed E-state index contributed by atoms with van der Waals surface area (Å²) < 4.78 is 7.09. The summed E-state index contributed by atoms with van der Waals surface area (Å²) in [5, 5.41) is 7.76. The molecule has 5 rings (SSSR count). The van der Waals surface area contributed by atoms with Gasteiger partial charge < -0.3 is 15.8 Å². The van der Waals surface area contributed by atoms with E-state index < -0.39 is 5.91 Å². The van der Waals surface area contributed by atoms with Crippen molar-refractivity contribution < 1.29 is 9.53 Å². The second-order valence-electron chi connectivity index (χ2n) is 7.39. The number of hydrogen-bond acceptors (Lipinski definition) is 5. The molecule has 0 saturated heterocycles. The highest BCUT2D eigenvalue weighted by Gasteiger charge is 2.28. The number of para-hydroxylation sites is 2. The zero-order chi connectivity index (χ0) is 20.7. The van der Waals surface area contributed by atoms with Crippen LogP contribution in [0, 0.1) is 0 Å². The first-order valence-corrected chi connectivity index (χ1v) is 9.83. The molecule has 7 nitrogen and oxygen atoms in total. The number of hydrogen-bond donors (Lipinski definition) is 2. The fraction of sp³-hybridized carbons (Fsp3) is 0.174. The first kappa shape index (κ1) is 18.2. The number of carbonyl (C=O) groups is 1. The SMILES string of the molecule is COc1ccccc1Nc1nc2ccc(-c3c(C(N)=O)cccc3C3CC3)cn2n1. The summed E-state index contributed by atoms with van der Waals surface area (Å²) in [6.07, 6.45) is 4.16. The second-order valence-corrected chi connectivity index (χ2v) is 7.39. The number of primary amides is 1. The number of fused-ring (bicyclic) bond motifs is 1. The molecule has 0 atom stereocenters. The van der Waals surface area contributed by atoms with Crippen molar-refractivity contribution in [1.82, 2.24) is 14.6 Å². The van der Waals surface area contributed by atoms with Crippen molar-refractivity contribution in [3.63, 3.8) is 0 Å². The van der Waals surface area contributed by atoms with E-state index in [4.69, 9.17) is 10.5 Å². The first-order chi connectivity index (χ1) is 14.6. The molecule has 0 aliphatic heterocycles. The summed E-state index contributed by atoms with van der Waals surface area (Å²) in [5.74, 6) is 1.22. The largest absolute Gasteiger partial charge is 0.495 e. The standard InChI is InChI=1S/C23H21N5O2/c1-30-19-8-3-2-7-18(19)25-23-26-20-12-11-15(13-28(20)27-23)21-16(14-9-10-14)5-4-6-17(21)22(24)29/h2-8,11-14H,9-10H2,1H3,(H2,24,29)(H,25,27). The highest BCUT2D eigenvalue weighted by molar-refractivity contribution is 6.00. The van der Waals surface area contributed by atoms with Crippen molar-refractivity contribution in [3.05, 3.63) is 71.9 Å². The van der Waals surface area contributed by atoms with Gasteiger partial charge in [-0.1, -0.05) is 24.3 Å². The maximum atomic E-state index is 12.1. The zero-order valence-electron chi connectivity index (χ0n) is 16.5. The lowest BCUT2D eigenvalue weighted by molar-refractivity contribution is 0.100. The normalized spacial score (nSPS) is 13.4. The summed E-state index contributed by atoms with van der Waals surface area (Å²) in [5.41, 5.74) is 10.6. The minimum Gasteiger partial charge on any atom is -0.495 e. The van der Waals surface area contributed by atoms with Crippen LogP contribution >= 0.6 is 0 Å². The third kappa shape index (κ3) is 3.24. The number of nitrogens with one attached hydrogen (secondary N) is 1. The molecule has 150 valence electrons. The number of aromatic nitrogens is 3. The van der Waals surface area contributed by atoms with Crippen LogP contribution in [0.3, 0.4) is 0 Å². The topological polar surface area (TPSA) is 94.5 Å². The smallest absolute Gasteiger partial charge is 0.249 e. The average molecular weight is 399 g/mol. The van der Waals surface area contributed by atoms with Crippen molar-refractivity contribution in [1.29, 1.82) is 0 Å². The van der Waals surface area contributed by atoms with E-state index in [0.29, 0.717) is 28.8 Å². The Labute approximate surface area is 173 Å². The van der Waals surface area contributed by atoms with E-state index in [1.807, 2.05) is 48.7 Å². The van der Waals surface area contributed by atoms with E-state index >= 15 is 0 Å². The Balaban J connectivity index is 1.56. The van der Waals surface area contributed by atoms with Gasteiger partial charge in [-0.05, 0) is 60.2 Å². The van der Waals surface area contributed by atoms with Gasteiger partial charge in [-0.25, -0.2) is 4.52 Å². The minimum absolute atomic E-state index is 0.426. The quantitative estimate of drug-likeness (QED) is 0.508. The van der Waals surface area contributed by atoms with E-state index in [9.17, 15) is 4.79 Å². The van der Waals surface area contributed by atoms with Crippen LogP contribution in [0.25, 0.3) is 16.8 Å². The van der Waals surface area contributed by atoms with Crippen LogP contribution < -0.4 is 15.8 Å². The molecule has 1 saturated carbocycles. The molecule has 0 spiro atoms. The molecule has 4 aromatic rings. The summed E-state index contributed by atoms with van der Waals surface area (Å²) in [4.78, 5) is 16.6. The highest BCUT2D eigenvalue weighted by atomic mass is 16.5. The molecular formula is C23H21N5O2. The van der Waals surface area contributed by atoms with Gasteiger partial charge in [0.05, 0.1) is 12.8 Å². The van der Waals surface area contributed by atoms with E-state index in [1.165, 1.54) is 0 Å². The summed E-state index contributed by atoms with van der Waals surface area (Å²) in [7, 11) is 1.62. The molecule has 3 N–H and O–H groups in total. The van der Waals surface area contributed by atoms with Gasteiger partial charge in [-0.3, -0.25) is 4.79 Å². The average Bonchev–Trinajstić information content (AvgIpc) is 3.53. The lowest BCUT2D eigenvalue weighted by Crippen LogP contribution is -2.13. The molecule has 2 heterocycles. The number of carbonyl (C=O) groups excluding carboxylic acids is 1. The molecule has 0 unspecified atom stereocenters. The van der Waals surface area contributed by atoms with Crippen molar-refractivity contribution in [2.45, 2.75) is 18.8 Å². The number of methoxy groups -OCH3 is 1. The second kappa shape index (κ2) is 7.18. The molecule has 30 heavy (non-hydrogen) atoms. The molecule has 0 bridgehead atoms. The van der Waals surface area contributed by atoms with E-state index in [1.54, 1.807) is 17.7 Å². The number of pyridine rings is 1. The fourth-order valence-electron chi connectivity index (χ4n) is 3.78. The predicted octanol–water partition coefficient (Wildman–Crippen LogP) is 4.12. The van der Waals surface area contributed by atoms with Crippen LogP contribution in [0.4, 0.5) is 11.6 Å². The van der Waals surface area contributed by atoms with Gasteiger partial charge in [0, 0.05) is 17.3 Å². The minimum atomic E-state index is -0.426. The first-order valence-electron chi connectivity index (χ1n) is 9.83. The van der Waals surface area contributed by atoms with Crippen LogP contribution in [-0.4, -0.2) is 27.6 Å². The molecule has 7 heteroatoms. The summed E-state index contributed by atoms with van der Waals surface area (Å²) in [6, 6.07) is 17.2. The lowest BCUT2D eigenvalue weighted by atomic mass is 9.92. The number of nitrogens with two attached hydrogens (primary N) is 1. The Kier molecular flexibility index (Phi) is 4.35. The predicted molar refractivity (Wildman–Crippen MR) is 115 cm³/mol. The van der Waals surface area contributed by atoms with Crippen LogP contribution in [0.1, 0.15) is 34.7 Å². The Morgan fingerprint density at radius 1 is 1.13 bits per heavy atom. The Bertz CT molecular complexity index is 1260. The number of benzene rings is 2. The monoisotopic (exact) mass is 399 g/mol. The number of anilines is 2. The molecular weight excluding hydrogens is 378 g/mol. The van der Waals surface area contributed by atoms with Crippen LogP contribution in [0.5, 0.6) is 5.75 Å². The summed E-state index contributed by atoms with van der Waals surface area (Å²) in [6.45, 7) is 0. The van der Waals surface area contributed by atoms with Crippen molar-refractivity contribution >= 4 is 23.2 Å². The van der Waals surface area contributed by atoms with Crippen molar-refractivity contribution in [2.75, 3.05) is 12.4 Å². The van der Waals surface area contributed by atoms with Crippen molar-refractivity contribution in [2.24, 2.45) is 5.73 Å². The highest BCUT2D eigenvalue weighted by Crippen LogP contribution is 2.45. The molecule has 1 aliphatic carbocycles. The van der Waals surface area contributed by atoms with Crippen LogP contribution in [-0.2, 0) is 0 Å². The summed E-state index contributed by atoms with van der Waals surface area (Å²) >= 11 is 0. The zero-order valence-corrected chi connectivity index (χ0v) is 16.5. The van der Waals surface area contributed by atoms with Crippen LogP contribution in [0.15, 0.2) is 60.8 Å². The van der Waals surface area contributed by atoms with Gasteiger partial charge in [-0.2, -0.15) is 4.98 Å². The number of nitrogens with zero attached hydrogens (tertiary/aromatic N) is 3. The Hall–Kier alpha value is -3.87. The van der Waals surface area contributed by atoms with E-state index in [2.05, 4.69) is 21.5 Å². The maximum absolute atomic E-state index is 12.1. The fourth-order valence-corrected chi connectivity index (χ4v) is 3.78. The van der Waals surface area contributed by atoms with E-state index in [0.717, 1.165) is 35.2 Å². The lowest BCUT2D eigenvalue weighted by Gasteiger charge is -2.13. The van der Waals surface area contributed by atoms with Crippen molar-refractivity contribution in [3.8, 4) is 16.9 Å². The van der Waals surface area contributed by atoms with E-state index in [-0.39, 0.29) is 0 Å². The molecule has 1 amide bonds. The third-order valence-electron chi connectivity index (χ3n) is 5.35. The molecule has 0 radical (unpaired) electrons. The third-order valence-corrected chi connectivity index (χ3v) is 5.35. The number of rotatable bonds is 6. The Morgan fingerprint density at radius 2 is 1.97 bits per heavy atom. The molecule has 1 fully saturated rings. The molecule has 2 aromatic carbocycles. The number of ether oxygens (including phenoxy) is 1. The van der Waals surface area contributed by atoms with Crippen LogP contribution in [0.2, 0.25) is 0 Å². The van der Waals surface area contributed by atoms with Gasteiger partial charge in [-0.15, -0.1) is 5.10 Å². The van der Waals surface area contributed by atoms with Gasteiger partial charge in [0.25, 0.3) is 0 Å². The Morgan fingerprint density at radius 3 is 2.73 bits per heavy atom. The van der Waals surface area contributed by atoms with Gasteiger partial charge >= 0.3 is 0 Å². The molecule has 2 aromatic heterocycles. The van der Waals surface area contributed by atoms with Gasteiger partial charge in [0.2, 0.25) is 11.9 Å². The number of amides is 1. The maximum Gasteiger partial charge on any atom is 0.249 e. The van der Waals surface area contributed by atoms with Gasteiger partial charge in [0.1, 0.15) is 5.75 Å². The van der Waals surface area contributed by atoms with Gasteiger partial charge in [0.15, 0.2) is 5.65 Å². The molecule has 1 aliphatic rings.